The summed E-state index contributed by atoms with van der Waals surface area (Å²) in [5, 5.41) is 5.36. The van der Waals surface area contributed by atoms with Gasteiger partial charge in [0.1, 0.15) is 0 Å². The van der Waals surface area contributed by atoms with Gasteiger partial charge in [-0.05, 0) is 44.0 Å². The molecule has 1 aromatic heterocycles. The van der Waals surface area contributed by atoms with Gasteiger partial charge in [-0.25, -0.2) is 0 Å². The predicted molar refractivity (Wildman–Crippen MR) is 87.4 cm³/mol. The first-order chi connectivity index (χ1) is 9.56. The van der Waals surface area contributed by atoms with Gasteiger partial charge in [-0.1, -0.05) is 18.5 Å². The van der Waals surface area contributed by atoms with Crippen LogP contribution in [0.1, 0.15) is 30.8 Å². The van der Waals surface area contributed by atoms with Crippen LogP contribution in [-0.2, 0) is 18.7 Å². The quantitative estimate of drug-likeness (QED) is 0.661. The second-order valence-corrected chi connectivity index (χ2v) is 6.11. The molecule has 20 heavy (non-hydrogen) atoms. The SMILES string of the molecule is CCc1nn(CC)c(CSc2ccc(N)c(C)c2)c1Cl. The molecule has 0 aliphatic heterocycles. The second kappa shape index (κ2) is 6.55. The third-order valence-corrected chi connectivity index (χ3v) is 4.75. The zero-order valence-electron chi connectivity index (χ0n) is 12.1. The highest BCUT2D eigenvalue weighted by atomic mass is 35.5. The lowest BCUT2D eigenvalue weighted by molar-refractivity contribution is 0.628. The molecule has 5 heteroatoms. The molecule has 3 nitrogen and oxygen atoms in total. The van der Waals surface area contributed by atoms with Gasteiger partial charge in [-0.15, -0.1) is 11.8 Å². The number of anilines is 1. The number of nitrogens with zero attached hydrogens (tertiary/aromatic N) is 2. The van der Waals surface area contributed by atoms with E-state index in [1.807, 2.05) is 23.7 Å². The topological polar surface area (TPSA) is 43.8 Å². The van der Waals surface area contributed by atoms with Gasteiger partial charge in [0.05, 0.1) is 16.4 Å². The molecule has 0 spiro atoms. The molecule has 108 valence electrons. The Morgan fingerprint density at radius 1 is 1.35 bits per heavy atom. The summed E-state index contributed by atoms with van der Waals surface area (Å²) in [6.45, 7) is 7.03. The summed E-state index contributed by atoms with van der Waals surface area (Å²) in [6, 6.07) is 6.11. The van der Waals surface area contributed by atoms with E-state index < -0.39 is 0 Å². The lowest BCUT2D eigenvalue weighted by Gasteiger charge is -2.07. The summed E-state index contributed by atoms with van der Waals surface area (Å²) in [7, 11) is 0. The number of hydrogen-bond donors (Lipinski definition) is 1. The van der Waals surface area contributed by atoms with E-state index in [-0.39, 0.29) is 0 Å². The van der Waals surface area contributed by atoms with Crippen LogP contribution in [0.15, 0.2) is 23.1 Å². The van der Waals surface area contributed by atoms with Gasteiger partial charge >= 0.3 is 0 Å². The third kappa shape index (κ3) is 3.13. The second-order valence-electron chi connectivity index (χ2n) is 4.68. The van der Waals surface area contributed by atoms with Crippen LogP contribution < -0.4 is 5.73 Å². The highest BCUT2D eigenvalue weighted by Gasteiger charge is 2.14. The Bertz CT molecular complexity index is 607. The number of thioether (sulfide) groups is 1. The van der Waals surface area contributed by atoms with E-state index in [9.17, 15) is 0 Å². The summed E-state index contributed by atoms with van der Waals surface area (Å²) in [6.07, 6.45) is 0.866. The fourth-order valence-electron chi connectivity index (χ4n) is 2.04. The molecule has 0 radical (unpaired) electrons. The maximum Gasteiger partial charge on any atom is 0.0858 e. The van der Waals surface area contributed by atoms with E-state index in [1.165, 1.54) is 4.90 Å². The van der Waals surface area contributed by atoms with Gasteiger partial charge in [0.15, 0.2) is 0 Å². The minimum Gasteiger partial charge on any atom is -0.399 e. The molecule has 0 fully saturated rings. The van der Waals surface area contributed by atoms with E-state index in [0.29, 0.717) is 0 Å². The van der Waals surface area contributed by atoms with Gasteiger partial charge in [0.25, 0.3) is 0 Å². The molecule has 0 atom stereocenters. The van der Waals surface area contributed by atoms with Crippen LogP contribution in [0, 0.1) is 6.92 Å². The number of benzene rings is 1. The van der Waals surface area contributed by atoms with Crippen molar-refractivity contribution in [1.82, 2.24) is 9.78 Å². The van der Waals surface area contributed by atoms with Crippen molar-refractivity contribution in [2.75, 3.05) is 5.73 Å². The number of hydrogen-bond acceptors (Lipinski definition) is 3. The van der Waals surface area contributed by atoms with Crippen molar-refractivity contribution in [2.45, 2.75) is 44.4 Å². The summed E-state index contributed by atoms with van der Waals surface area (Å²) in [5.41, 5.74) is 9.87. The molecule has 0 unspecified atom stereocenters. The minimum atomic E-state index is 0.814. The molecule has 2 aromatic rings. The molecule has 0 amide bonds. The van der Waals surface area contributed by atoms with Gasteiger partial charge < -0.3 is 5.73 Å². The summed E-state index contributed by atoms with van der Waals surface area (Å²) in [4.78, 5) is 1.20. The van der Waals surface area contributed by atoms with Crippen molar-refractivity contribution in [1.29, 1.82) is 0 Å². The first kappa shape index (κ1) is 15.3. The first-order valence-electron chi connectivity index (χ1n) is 6.79. The van der Waals surface area contributed by atoms with Crippen LogP contribution in [-0.4, -0.2) is 9.78 Å². The van der Waals surface area contributed by atoms with Crippen molar-refractivity contribution in [3.8, 4) is 0 Å². The van der Waals surface area contributed by atoms with Crippen LogP contribution in [0.25, 0.3) is 0 Å². The monoisotopic (exact) mass is 309 g/mol. The maximum absolute atomic E-state index is 6.41. The predicted octanol–water partition coefficient (Wildman–Crippen LogP) is 4.30. The molecule has 0 aliphatic carbocycles. The summed E-state index contributed by atoms with van der Waals surface area (Å²) >= 11 is 8.18. The zero-order valence-corrected chi connectivity index (χ0v) is 13.7. The zero-order chi connectivity index (χ0) is 14.7. The first-order valence-corrected chi connectivity index (χ1v) is 8.16. The molecule has 0 saturated heterocycles. The summed E-state index contributed by atoms with van der Waals surface area (Å²) in [5.74, 6) is 0.822. The molecule has 0 saturated carbocycles. The molecule has 1 aromatic carbocycles. The number of nitrogens with two attached hydrogens (primary N) is 1. The van der Waals surface area contributed by atoms with Crippen LogP contribution in [0.3, 0.4) is 0 Å². The van der Waals surface area contributed by atoms with Gasteiger partial charge in [0, 0.05) is 22.9 Å². The molecule has 2 rings (SSSR count). The Hall–Kier alpha value is -1.13. The normalized spacial score (nSPS) is 11.0. The Morgan fingerprint density at radius 2 is 2.10 bits per heavy atom. The Balaban J connectivity index is 2.17. The lowest BCUT2D eigenvalue weighted by Crippen LogP contribution is -2.01. The van der Waals surface area contributed by atoms with E-state index in [0.717, 1.165) is 46.4 Å². The molecule has 2 N–H and O–H groups in total. The Kier molecular flexibility index (Phi) is 5.00. The average Bonchev–Trinajstić information content (AvgIpc) is 2.76. The molecule has 1 heterocycles. The number of aromatic nitrogens is 2. The maximum atomic E-state index is 6.41. The smallest absolute Gasteiger partial charge is 0.0858 e. The number of aryl methyl sites for hydroxylation is 3. The third-order valence-electron chi connectivity index (χ3n) is 3.31. The molecule has 0 aliphatic rings. The van der Waals surface area contributed by atoms with Gasteiger partial charge in [-0.2, -0.15) is 5.10 Å². The van der Waals surface area contributed by atoms with Crippen LogP contribution in [0.5, 0.6) is 0 Å². The number of halogens is 1. The highest BCUT2D eigenvalue weighted by molar-refractivity contribution is 7.98. The Morgan fingerprint density at radius 3 is 2.70 bits per heavy atom. The van der Waals surface area contributed by atoms with Crippen LogP contribution in [0.2, 0.25) is 5.02 Å². The molecule has 0 bridgehead atoms. The van der Waals surface area contributed by atoms with E-state index >= 15 is 0 Å². The summed E-state index contributed by atoms with van der Waals surface area (Å²) < 4.78 is 2.00. The average molecular weight is 310 g/mol. The molecular formula is C15H20ClN3S. The van der Waals surface area contributed by atoms with E-state index in [2.05, 4.69) is 25.0 Å². The highest BCUT2D eigenvalue weighted by Crippen LogP contribution is 2.30. The van der Waals surface area contributed by atoms with Crippen molar-refractivity contribution < 1.29 is 0 Å². The fraction of sp³-hybridized carbons (Fsp3) is 0.400. The van der Waals surface area contributed by atoms with E-state index in [4.69, 9.17) is 17.3 Å². The number of nitrogen functional groups attached to an aromatic ring is 1. The van der Waals surface area contributed by atoms with E-state index in [1.54, 1.807) is 11.8 Å². The van der Waals surface area contributed by atoms with Crippen molar-refractivity contribution in [2.24, 2.45) is 0 Å². The standard InChI is InChI=1S/C15H20ClN3S/c1-4-13-15(16)14(19(5-2)18-13)9-20-11-6-7-12(17)10(3)8-11/h6-8H,4-5,9,17H2,1-3H3. The largest absolute Gasteiger partial charge is 0.399 e. The molecular weight excluding hydrogens is 290 g/mol. The van der Waals surface area contributed by atoms with Crippen molar-refractivity contribution in [3.05, 3.63) is 40.2 Å². The van der Waals surface area contributed by atoms with Crippen LogP contribution >= 0.6 is 23.4 Å². The van der Waals surface area contributed by atoms with Gasteiger partial charge in [-0.3, -0.25) is 4.68 Å². The van der Waals surface area contributed by atoms with Crippen LogP contribution in [0.4, 0.5) is 5.69 Å². The lowest BCUT2D eigenvalue weighted by atomic mass is 10.2. The number of rotatable bonds is 5. The Labute approximate surface area is 129 Å². The van der Waals surface area contributed by atoms with Crippen molar-refractivity contribution >= 4 is 29.1 Å². The van der Waals surface area contributed by atoms with Crippen molar-refractivity contribution in [3.63, 3.8) is 0 Å². The minimum absolute atomic E-state index is 0.814. The fourth-order valence-corrected chi connectivity index (χ4v) is 3.48. The van der Waals surface area contributed by atoms with Gasteiger partial charge in [0.2, 0.25) is 0 Å².